The molecule has 0 unspecified atom stereocenters. The number of allylic oxidation sites excluding steroid dienone is 8. The van der Waals surface area contributed by atoms with E-state index >= 15 is 0 Å². The zero-order chi connectivity index (χ0) is 33.5. The van der Waals surface area contributed by atoms with Crippen molar-refractivity contribution >= 4 is 49.3 Å². The SMILES string of the molecule is CC1(C)C(/C=C/C=C/C=C/C=C2/N(CC(=O)O)c3ccc(S(=O)(=O)[O-])cc3C2(C)C)=[N+](CC(=O)O)c2ccc(S(=O)(=O)[O-])cc21. The van der Waals surface area contributed by atoms with Crippen LogP contribution >= 0.6 is 0 Å². The summed E-state index contributed by atoms with van der Waals surface area (Å²) in [5, 5.41) is 19.0. The van der Waals surface area contributed by atoms with Crippen LogP contribution < -0.4 is 4.90 Å². The van der Waals surface area contributed by atoms with Gasteiger partial charge in [-0.3, -0.25) is 4.79 Å². The van der Waals surface area contributed by atoms with Crippen LogP contribution in [-0.2, 0) is 40.7 Å². The third-order valence-corrected chi connectivity index (χ3v) is 9.51. The van der Waals surface area contributed by atoms with Gasteiger partial charge in [0.15, 0.2) is 5.71 Å². The number of hydrogen-bond acceptors (Lipinski definition) is 9. The smallest absolute Gasteiger partial charge is 0.370 e. The highest BCUT2D eigenvalue weighted by Crippen LogP contribution is 2.48. The highest BCUT2D eigenvalue weighted by molar-refractivity contribution is 7.86. The molecule has 238 valence electrons. The van der Waals surface area contributed by atoms with Gasteiger partial charge in [-0.05, 0) is 55.8 Å². The number of carboxylic acids is 2. The molecule has 12 nitrogen and oxygen atoms in total. The molecular formula is C31H31N2O10S2-. The maximum absolute atomic E-state index is 11.6. The summed E-state index contributed by atoms with van der Waals surface area (Å²) in [6, 6.07) is 7.71. The summed E-state index contributed by atoms with van der Waals surface area (Å²) in [5.74, 6) is -2.20. The lowest BCUT2D eigenvalue weighted by Crippen LogP contribution is -2.30. The first-order chi connectivity index (χ1) is 20.8. The number of fused-ring (bicyclic) bond motifs is 2. The van der Waals surface area contributed by atoms with Crippen LogP contribution in [0.4, 0.5) is 11.4 Å². The first kappa shape index (κ1) is 33.5. The van der Waals surface area contributed by atoms with Crippen molar-refractivity contribution < 1.29 is 50.3 Å². The number of benzene rings is 2. The highest BCUT2D eigenvalue weighted by atomic mass is 32.2. The predicted molar refractivity (Wildman–Crippen MR) is 163 cm³/mol. The number of nitrogens with zero attached hydrogens (tertiary/aromatic N) is 2. The van der Waals surface area contributed by atoms with Gasteiger partial charge in [-0.1, -0.05) is 44.2 Å². The summed E-state index contributed by atoms with van der Waals surface area (Å²) in [7, 11) is -9.43. The lowest BCUT2D eigenvalue weighted by atomic mass is 9.81. The number of hydrogen-bond donors (Lipinski definition) is 2. The second-order valence-electron chi connectivity index (χ2n) is 11.5. The van der Waals surface area contributed by atoms with Crippen LogP contribution in [0.15, 0.2) is 94.4 Å². The maximum atomic E-state index is 11.6. The second kappa shape index (κ2) is 11.9. The summed E-state index contributed by atoms with van der Waals surface area (Å²) >= 11 is 0. The molecule has 45 heavy (non-hydrogen) atoms. The van der Waals surface area contributed by atoms with Gasteiger partial charge < -0.3 is 24.2 Å². The molecule has 0 saturated carbocycles. The summed E-state index contributed by atoms with van der Waals surface area (Å²) < 4.78 is 71.2. The van der Waals surface area contributed by atoms with Crippen molar-refractivity contribution in [1.29, 1.82) is 0 Å². The molecule has 2 aromatic rings. The quantitative estimate of drug-likeness (QED) is 0.216. The van der Waals surface area contributed by atoms with Gasteiger partial charge in [-0.25, -0.2) is 21.6 Å². The fraction of sp³-hybridized carbons (Fsp3) is 0.258. The molecule has 0 saturated heterocycles. The molecule has 0 radical (unpaired) electrons. The summed E-state index contributed by atoms with van der Waals surface area (Å²) in [4.78, 5) is 24.0. The molecule has 0 amide bonds. The number of carboxylic acid groups (broad SMARTS) is 2. The van der Waals surface area contributed by atoms with Crippen molar-refractivity contribution in [3.63, 3.8) is 0 Å². The first-order valence-electron chi connectivity index (χ1n) is 13.6. The van der Waals surface area contributed by atoms with Crippen LogP contribution in [-0.4, -0.2) is 71.5 Å². The minimum atomic E-state index is -4.71. The minimum absolute atomic E-state index is 0.385. The van der Waals surface area contributed by atoms with Crippen LogP contribution in [0, 0.1) is 0 Å². The lowest BCUT2D eigenvalue weighted by molar-refractivity contribution is -0.428. The lowest BCUT2D eigenvalue weighted by Gasteiger charge is -2.25. The number of anilines is 1. The zero-order valence-corrected chi connectivity index (χ0v) is 26.4. The zero-order valence-electron chi connectivity index (χ0n) is 24.8. The minimum Gasteiger partial charge on any atom is -0.744 e. The van der Waals surface area contributed by atoms with Crippen LogP contribution in [0.3, 0.4) is 0 Å². The topological polar surface area (TPSA) is 195 Å². The van der Waals surface area contributed by atoms with E-state index in [1.807, 2.05) is 0 Å². The van der Waals surface area contributed by atoms with E-state index in [1.165, 1.54) is 24.3 Å². The van der Waals surface area contributed by atoms with Crippen LogP contribution in [0.1, 0.15) is 38.8 Å². The molecule has 4 rings (SSSR count). The van der Waals surface area contributed by atoms with E-state index in [4.69, 9.17) is 0 Å². The predicted octanol–water partition coefficient (Wildman–Crippen LogP) is 3.39. The summed E-state index contributed by atoms with van der Waals surface area (Å²) in [6.07, 6.45) is 11.8. The molecule has 2 aromatic carbocycles. The molecule has 0 spiro atoms. The van der Waals surface area contributed by atoms with Gasteiger partial charge in [0, 0.05) is 34.5 Å². The number of aliphatic carboxylic acids is 2. The Balaban J connectivity index is 1.61. The molecule has 0 atom stereocenters. The van der Waals surface area contributed by atoms with E-state index < -0.39 is 52.8 Å². The molecule has 0 aliphatic carbocycles. The normalized spacial score (nSPS) is 18.4. The molecule has 2 N–H and O–H groups in total. The van der Waals surface area contributed by atoms with E-state index in [9.17, 15) is 45.7 Å². The Hall–Kier alpha value is -4.37. The Labute approximate surface area is 261 Å². The van der Waals surface area contributed by atoms with Gasteiger partial charge in [-0.15, -0.1) is 0 Å². The molecule has 2 aliphatic rings. The third kappa shape index (κ3) is 6.68. The Kier molecular flexibility index (Phi) is 8.83. The monoisotopic (exact) mass is 655 g/mol. The van der Waals surface area contributed by atoms with E-state index in [0.717, 1.165) is 12.1 Å². The molecule has 14 heteroatoms. The van der Waals surface area contributed by atoms with Gasteiger partial charge >= 0.3 is 11.9 Å². The average molecular weight is 656 g/mol. The second-order valence-corrected chi connectivity index (χ2v) is 14.3. The molecule has 0 aromatic heterocycles. The van der Waals surface area contributed by atoms with Crippen LogP contribution in [0.25, 0.3) is 0 Å². The van der Waals surface area contributed by atoms with E-state index in [-0.39, 0.29) is 13.1 Å². The Morgan fingerprint density at radius 2 is 1.36 bits per heavy atom. The van der Waals surface area contributed by atoms with Crippen LogP contribution in [0.2, 0.25) is 0 Å². The number of rotatable bonds is 10. The Bertz CT molecular complexity index is 1970. The Morgan fingerprint density at radius 3 is 1.93 bits per heavy atom. The molecular weight excluding hydrogens is 624 g/mol. The highest BCUT2D eigenvalue weighted by Gasteiger charge is 2.45. The Morgan fingerprint density at radius 1 is 0.800 bits per heavy atom. The van der Waals surface area contributed by atoms with Gasteiger partial charge in [0.2, 0.25) is 12.2 Å². The third-order valence-electron chi connectivity index (χ3n) is 7.84. The summed E-state index contributed by atoms with van der Waals surface area (Å²) in [5.41, 5.74) is 1.47. The van der Waals surface area contributed by atoms with Crippen molar-refractivity contribution in [3.8, 4) is 0 Å². The standard InChI is InChI=1S/C31H32N2O10S2/c1-30(2)22-16-20(44(38,39)40)12-14-24(22)32(18-28(34)35)26(30)10-8-6-5-7-9-11-27-31(3,4)23-17-21(45(41,42)43)13-15-25(23)33(27)19-29(36)37/h5-17H,18-19H2,1-4H3,(H3-,34,35,36,37,38,39,40,41,42,43)/p-1. The molecule has 0 fully saturated rings. The van der Waals surface area contributed by atoms with Gasteiger partial charge in [0.1, 0.15) is 26.8 Å². The molecule has 2 heterocycles. The van der Waals surface area contributed by atoms with Crippen molar-refractivity contribution in [2.24, 2.45) is 0 Å². The van der Waals surface area contributed by atoms with Gasteiger partial charge in [-0.2, -0.15) is 4.58 Å². The van der Waals surface area contributed by atoms with Crippen molar-refractivity contribution in [2.45, 2.75) is 48.3 Å². The first-order valence-corrected chi connectivity index (χ1v) is 16.4. The van der Waals surface area contributed by atoms with Gasteiger partial charge in [0.05, 0.1) is 15.2 Å². The average Bonchev–Trinajstić information content (AvgIpc) is 3.24. The van der Waals surface area contributed by atoms with E-state index in [1.54, 1.807) is 79.7 Å². The van der Waals surface area contributed by atoms with Crippen molar-refractivity contribution in [3.05, 3.63) is 95.8 Å². The largest absolute Gasteiger partial charge is 0.744 e. The van der Waals surface area contributed by atoms with Crippen molar-refractivity contribution in [1.82, 2.24) is 0 Å². The number of carbonyl (C=O) groups is 2. The fourth-order valence-electron chi connectivity index (χ4n) is 5.72. The van der Waals surface area contributed by atoms with E-state index in [2.05, 4.69) is 0 Å². The van der Waals surface area contributed by atoms with Gasteiger partial charge in [0.25, 0.3) is 0 Å². The van der Waals surface area contributed by atoms with Crippen LogP contribution in [0.5, 0.6) is 0 Å². The molecule has 2 aliphatic heterocycles. The fourth-order valence-corrected chi connectivity index (χ4v) is 6.71. The van der Waals surface area contributed by atoms with E-state index in [0.29, 0.717) is 33.9 Å². The summed E-state index contributed by atoms with van der Waals surface area (Å²) in [6.45, 7) is 6.41. The maximum Gasteiger partial charge on any atom is 0.370 e. The van der Waals surface area contributed by atoms with Crippen molar-refractivity contribution in [2.75, 3.05) is 18.0 Å². The molecule has 0 bridgehead atoms.